The first-order valence-corrected chi connectivity index (χ1v) is 10.0. The summed E-state index contributed by atoms with van der Waals surface area (Å²) in [6.45, 7) is 3.25. The van der Waals surface area contributed by atoms with Crippen LogP contribution in [0.25, 0.3) is 0 Å². The Kier molecular flexibility index (Phi) is 7.53. The maximum atomic E-state index is 12.0. The van der Waals surface area contributed by atoms with Gasteiger partial charge in [-0.05, 0) is 25.5 Å². The number of hydrogen-bond acceptors (Lipinski definition) is 9. The number of benzene rings is 1. The van der Waals surface area contributed by atoms with Crippen LogP contribution in [0, 0.1) is 17.0 Å². The van der Waals surface area contributed by atoms with E-state index in [0.717, 1.165) is 5.56 Å². The first-order chi connectivity index (χ1) is 15.2. The van der Waals surface area contributed by atoms with Crippen molar-refractivity contribution in [2.75, 3.05) is 13.4 Å². The summed E-state index contributed by atoms with van der Waals surface area (Å²) in [7, 11) is 0. The lowest BCUT2D eigenvalue weighted by Crippen LogP contribution is -2.33. The average molecular weight is 450 g/mol. The fourth-order valence-electron chi connectivity index (χ4n) is 3.46. The Morgan fingerprint density at radius 1 is 1.44 bits per heavy atom. The van der Waals surface area contributed by atoms with Gasteiger partial charge < -0.3 is 25.1 Å². The lowest BCUT2D eigenvalue weighted by Gasteiger charge is -2.18. The first-order valence-electron chi connectivity index (χ1n) is 10.0. The molecule has 0 amide bonds. The molecule has 4 atom stereocenters. The molecule has 174 valence electrons. The molecule has 32 heavy (non-hydrogen) atoms. The predicted octanol–water partition coefficient (Wildman–Crippen LogP) is 0.612. The zero-order valence-corrected chi connectivity index (χ0v) is 17.7. The number of H-pyrrole nitrogens is 1. The molecule has 2 heterocycles. The minimum absolute atomic E-state index is 0.0214. The summed E-state index contributed by atoms with van der Waals surface area (Å²) >= 11 is 0. The Labute approximate surface area is 182 Å². The molecule has 12 nitrogen and oxygen atoms in total. The van der Waals surface area contributed by atoms with Crippen LogP contribution in [0.4, 0.5) is 5.69 Å². The number of rotatable bonds is 9. The van der Waals surface area contributed by atoms with Crippen LogP contribution in [0.15, 0.2) is 34.0 Å². The van der Waals surface area contributed by atoms with Crippen molar-refractivity contribution in [1.82, 2.24) is 9.55 Å². The van der Waals surface area contributed by atoms with Crippen molar-refractivity contribution in [3.05, 3.63) is 72.0 Å². The summed E-state index contributed by atoms with van der Waals surface area (Å²) in [6, 6.07) is 4.61. The fraction of sp³-hybridized carbons (Fsp3) is 0.500. The van der Waals surface area contributed by atoms with E-state index in [2.05, 4.69) is 4.98 Å². The van der Waals surface area contributed by atoms with Gasteiger partial charge in [0.1, 0.15) is 19.1 Å². The number of nitrogens with two attached hydrogens (primary N) is 1. The van der Waals surface area contributed by atoms with Gasteiger partial charge in [0.25, 0.3) is 11.2 Å². The summed E-state index contributed by atoms with van der Waals surface area (Å²) in [6.07, 6.45) is -1.45. The van der Waals surface area contributed by atoms with Crippen molar-refractivity contribution < 1.29 is 24.2 Å². The zero-order valence-electron chi connectivity index (χ0n) is 17.7. The summed E-state index contributed by atoms with van der Waals surface area (Å²) in [5, 5.41) is 21.5. The number of nitrogens with zero attached hydrogens (tertiary/aromatic N) is 2. The van der Waals surface area contributed by atoms with Crippen LogP contribution in [-0.2, 0) is 20.8 Å². The molecule has 1 aliphatic rings. The highest BCUT2D eigenvalue weighted by atomic mass is 16.7. The van der Waals surface area contributed by atoms with Gasteiger partial charge in [-0.2, -0.15) is 0 Å². The van der Waals surface area contributed by atoms with Crippen LogP contribution >= 0.6 is 0 Å². The number of aliphatic hydroxyl groups is 1. The number of aryl methyl sites for hydroxylation is 1. The Morgan fingerprint density at radius 3 is 2.88 bits per heavy atom. The van der Waals surface area contributed by atoms with E-state index >= 15 is 0 Å². The molecule has 4 N–H and O–H groups in total. The Bertz CT molecular complexity index is 1080. The van der Waals surface area contributed by atoms with Gasteiger partial charge in [-0.3, -0.25) is 24.5 Å². The van der Waals surface area contributed by atoms with Crippen molar-refractivity contribution in [1.29, 1.82) is 0 Å². The Hall–Kier alpha value is -2.90. The van der Waals surface area contributed by atoms with Crippen LogP contribution in [0.1, 0.15) is 42.4 Å². The first kappa shape index (κ1) is 23.8. The van der Waals surface area contributed by atoms with Crippen LogP contribution in [0.5, 0.6) is 0 Å². The number of aromatic nitrogens is 2. The molecule has 1 aromatic heterocycles. The molecule has 1 saturated heterocycles. The molecule has 1 aliphatic heterocycles. The van der Waals surface area contributed by atoms with Gasteiger partial charge in [0.2, 0.25) is 0 Å². The highest BCUT2D eigenvalue weighted by Gasteiger charge is 2.35. The molecule has 0 saturated carbocycles. The fourth-order valence-corrected chi connectivity index (χ4v) is 3.46. The smallest absolute Gasteiger partial charge is 0.330 e. The maximum Gasteiger partial charge on any atom is 0.330 e. The number of nitro benzene ring substituents is 1. The molecule has 0 spiro atoms. The van der Waals surface area contributed by atoms with Crippen molar-refractivity contribution >= 4 is 5.69 Å². The van der Waals surface area contributed by atoms with Gasteiger partial charge in [-0.15, -0.1) is 0 Å². The molecule has 0 aliphatic carbocycles. The lowest BCUT2D eigenvalue weighted by atomic mass is 10.0. The van der Waals surface area contributed by atoms with E-state index in [1.807, 2.05) is 0 Å². The van der Waals surface area contributed by atoms with Gasteiger partial charge in [0, 0.05) is 30.8 Å². The quantitative estimate of drug-likeness (QED) is 0.214. The molecular weight excluding hydrogens is 424 g/mol. The van der Waals surface area contributed by atoms with E-state index in [-0.39, 0.29) is 32.1 Å². The molecule has 3 rings (SSSR count). The van der Waals surface area contributed by atoms with Crippen molar-refractivity contribution in [3.8, 4) is 0 Å². The van der Waals surface area contributed by atoms with Crippen molar-refractivity contribution in [2.24, 2.45) is 5.73 Å². The minimum Gasteiger partial charge on any atom is -0.390 e. The number of aliphatic hydroxyl groups excluding tert-OH is 1. The van der Waals surface area contributed by atoms with E-state index in [1.165, 1.54) is 16.8 Å². The maximum absolute atomic E-state index is 12.0. The van der Waals surface area contributed by atoms with Gasteiger partial charge >= 0.3 is 5.69 Å². The number of nitro groups is 1. The highest BCUT2D eigenvalue weighted by molar-refractivity contribution is 5.44. The molecule has 4 unspecified atom stereocenters. The standard InChI is InChI=1S/C20H26N4O8/c1-11-8-23(20(27)22-19(11)26)18-6-16(25)17(32-18)9-30-10-31-12(2)14-5-13(7-21)3-4-15(14)24(28)29/h3-5,8,12,16-18,25H,6-7,9-10,21H2,1-2H3,(H,22,26,27). The molecule has 0 radical (unpaired) electrons. The molecule has 1 fully saturated rings. The molecule has 0 bridgehead atoms. The van der Waals surface area contributed by atoms with Gasteiger partial charge in [0.15, 0.2) is 0 Å². The lowest BCUT2D eigenvalue weighted by molar-refractivity contribution is -0.386. The third-order valence-corrected chi connectivity index (χ3v) is 5.31. The SMILES string of the molecule is Cc1cn(C2CC(O)C(COCOC(C)c3cc(CN)ccc3[N+](=O)[O-])O2)c(=O)[nH]c1=O. The molecular formula is C20H26N4O8. The van der Waals surface area contributed by atoms with Crippen LogP contribution in [0.3, 0.4) is 0 Å². The van der Waals surface area contributed by atoms with Crippen LogP contribution in [0.2, 0.25) is 0 Å². The summed E-state index contributed by atoms with van der Waals surface area (Å²) in [4.78, 5) is 36.5. The van der Waals surface area contributed by atoms with Crippen LogP contribution in [-0.4, -0.2) is 45.2 Å². The van der Waals surface area contributed by atoms with E-state index in [0.29, 0.717) is 11.1 Å². The molecule has 12 heteroatoms. The van der Waals surface area contributed by atoms with Gasteiger partial charge in [0.05, 0.1) is 29.3 Å². The van der Waals surface area contributed by atoms with E-state index in [4.69, 9.17) is 19.9 Å². The van der Waals surface area contributed by atoms with Crippen molar-refractivity contribution in [2.45, 2.75) is 51.4 Å². The third-order valence-electron chi connectivity index (χ3n) is 5.31. The predicted molar refractivity (Wildman–Crippen MR) is 112 cm³/mol. The zero-order chi connectivity index (χ0) is 23.4. The average Bonchev–Trinajstić information content (AvgIpc) is 3.13. The highest BCUT2D eigenvalue weighted by Crippen LogP contribution is 2.30. The summed E-state index contributed by atoms with van der Waals surface area (Å²) in [5.41, 5.74) is 5.90. The van der Waals surface area contributed by atoms with E-state index in [1.54, 1.807) is 26.0 Å². The largest absolute Gasteiger partial charge is 0.390 e. The number of ether oxygens (including phenoxy) is 3. The topological polar surface area (TPSA) is 172 Å². The van der Waals surface area contributed by atoms with E-state index < -0.39 is 40.7 Å². The third kappa shape index (κ3) is 5.29. The van der Waals surface area contributed by atoms with Gasteiger partial charge in [-0.1, -0.05) is 6.07 Å². The molecule has 2 aromatic rings. The molecule has 1 aromatic carbocycles. The second-order valence-corrected chi connectivity index (χ2v) is 7.56. The monoisotopic (exact) mass is 450 g/mol. The Morgan fingerprint density at radius 2 is 2.19 bits per heavy atom. The van der Waals surface area contributed by atoms with Gasteiger partial charge in [-0.25, -0.2) is 4.79 Å². The number of nitrogens with one attached hydrogen (secondary N) is 1. The second-order valence-electron chi connectivity index (χ2n) is 7.56. The van der Waals surface area contributed by atoms with E-state index in [9.17, 15) is 24.8 Å². The van der Waals surface area contributed by atoms with Crippen LogP contribution < -0.4 is 17.0 Å². The van der Waals surface area contributed by atoms with Crippen molar-refractivity contribution in [3.63, 3.8) is 0 Å². The normalized spacial score (nSPS) is 21.6. The Balaban J connectivity index is 1.55. The number of hydrogen-bond donors (Lipinski definition) is 3. The second kappa shape index (κ2) is 10.1. The number of aromatic amines is 1. The summed E-state index contributed by atoms with van der Waals surface area (Å²) < 4.78 is 18.0. The minimum atomic E-state index is -0.890. The summed E-state index contributed by atoms with van der Waals surface area (Å²) in [5.74, 6) is 0.